The molecule has 0 spiro atoms. The fourth-order valence-corrected chi connectivity index (χ4v) is 2.65. The van der Waals surface area contributed by atoms with Crippen molar-refractivity contribution in [3.05, 3.63) is 84.1 Å². The zero-order valence-corrected chi connectivity index (χ0v) is 14.8. The molecular formula is C21H21N3O2. The van der Waals surface area contributed by atoms with Gasteiger partial charge < -0.3 is 15.0 Å². The number of hydrogen-bond acceptors (Lipinski definition) is 4. The number of anilines is 2. The molecule has 26 heavy (non-hydrogen) atoms. The maximum absolute atomic E-state index is 12.4. The molecule has 0 atom stereocenters. The highest BCUT2D eigenvalue weighted by Gasteiger charge is 2.12. The number of aromatic nitrogens is 1. The number of hydrogen-bond donors (Lipinski definition) is 1. The Morgan fingerprint density at radius 1 is 1.04 bits per heavy atom. The molecular weight excluding hydrogens is 326 g/mol. The van der Waals surface area contributed by atoms with Crippen LogP contribution in [0.1, 0.15) is 15.9 Å². The van der Waals surface area contributed by atoms with Gasteiger partial charge in [-0.15, -0.1) is 0 Å². The summed E-state index contributed by atoms with van der Waals surface area (Å²) < 4.78 is 5.22. The zero-order valence-electron chi connectivity index (χ0n) is 14.8. The molecule has 5 nitrogen and oxygen atoms in total. The van der Waals surface area contributed by atoms with E-state index >= 15 is 0 Å². The van der Waals surface area contributed by atoms with Crippen LogP contribution in [0.3, 0.4) is 0 Å². The number of para-hydroxylation sites is 1. The van der Waals surface area contributed by atoms with Crippen molar-refractivity contribution in [2.45, 2.75) is 6.54 Å². The topological polar surface area (TPSA) is 54.5 Å². The average molecular weight is 347 g/mol. The quantitative estimate of drug-likeness (QED) is 0.733. The highest BCUT2D eigenvalue weighted by Crippen LogP contribution is 2.20. The highest BCUT2D eigenvalue weighted by atomic mass is 16.5. The smallest absolute Gasteiger partial charge is 0.260 e. The Balaban J connectivity index is 1.66. The van der Waals surface area contributed by atoms with Gasteiger partial charge in [0.15, 0.2) is 0 Å². The average Bonchev–Trinajstić information content (AvgIpc) is 2.69. The standard InChI is InChI=1S/C21H21N3O2/c1-24(15-16-8-4-3-5-9-16)17-12-13-20(22-14-17)23-21(25)18-10-6-7-11-19(18)26-2/h3-14H,15H2,1-2H3,(H,22,23,25). The van der Waals surface area contributed by atoms with Crippen molar-refractivity contribution in [3.63, 3.8) is 0 Å². The van der Waals surface area contributed by atoms with Gasteiger partial charge in [0.2, 0.25) is 0 Å². The normalized spacial score (nSPS) is 10.2. The Kier molecular flexibility index (Phi) is 5.49. The Morgan fingerprint density at radius 2 is 1.77 bits per heavy atom. The van der Waals surface area contributed by atoms with E-state index in [2.05, 4.69) is 27.3 Å². The van der Waals surface area contributed by atoms with Gasteiger partial charge in [-0.05, 0) is 29.8 Å². The molecule has 0 aliphatic carbocycles. The molecule has 5 heteroatoms. The predicted molar refractivity (Wildman–Crippen MR) is 104 cm³/mol. The second-order valence-electron chi connectivity index (χ2n) is 5.90. The molecule has 0 aliphatic heterocycles. The molecule has 132 valence electrons. The number of benzene rings is 2. The SMILES string of the molecule is COc1ccccc1C(=O)Nc1ccc(N(C)Cc2ccccc2)cn1. The monoisotopic (exact) mass is 347 g/mol. The van der Waals surface area contributed by atoms with Gasteiger partial charge in [0, 0.05) is 13.6 Å². The molecule has 1 N–H and O–H groups in total. The number of methoxy groups -OCH3 is 1. The molecule has 1 amide bonds. The van der Waals surface area contributed by atoms with Crippen LogP contribution in [0.4, 0.5) is 11.5 Å². The predicted octanol–water partition coefficient (Wildman–Crippen LogP) is 3.98. The summed E-state index contributed by atoms with van der Waals surface area (Å²) in [6.07, 6.45) is 1.75. The summed E-state index contributed by atoms with van der Waals surface area (Å²) in [7, 11) is 3.55. The van der Waals surface area contributed by atoms with Gasteiger partial charge in [-0.2, -0.15) is 0 Å². The molecule has 0 fully saturated rings. The van der Waals surface area contributed by atoms with Crippen LogP contribution in [0.2, 0.25) is 0 Å². The van der Waals surface area contributed by atoms with E-state index < -0.39 is 0 Å². The van der Waals surface area contributed by atoms with E-state index in [0.717, 1.165) is 12.2 Å². The van der Waals surface area contributed by atoms with Gasteiger partial charge in [0.1, 0.15) is 11.6 Å². The van der Waals surface area contributed by atoms with Gasteiger partial charge in [-0.3, -0.25) is 4.79 Å². The van der Waals surface area contributed by atoms with E-state index in [1.165, 1.54) is 5.56 Å². The Morgan fingerprint density at radius 3 is 2.46 bits per heavy atom. The van der Waals surface area contributed by atoms with Crippen LogP contribution in [0.25, 0.3) is 0 Å². The largest absolute Gasteiger partial charge is 0.496 e. The lowest BCUT2D eigenvalue weighted by molar-refractivity contribution is 0.102. The molecule has 0 saturated carbocycles. The number of carbonyl (C=O) groups is 1. The van der Waals surface area contributed by atoms with Crippen LogP contribution in [-0.2, 0) is 6.54 Å². The lowest BCUT2D eigenvalue weighted by Crippen LogP contribution is -2.17. The summed E-state index contributed by atoms with van der Waals surface area (Å²) in [5.41, 5.74) is 2.68. The number of amides is 1. The fraction of sp³-hybridized carbons (Fsp3) is 0.143. The molecule has 0 radical (unpaired) electrons. The van der Waals surface area contributed by atoms with E-state index in [4.69, 9.17) is 4.74 Å². The lowest BCUT2D eigenvalue weighted by Gasteiger charge is -2.19. The van der Waals surface area contributed by atoms with Crippen molar-refractivity contribution >= 4 is 17.4 Å². The lowest BCUT2D eigenvalue weighted by atomic mass is 10.2. The Bertz CT molecular complexity index is 864. The maximum atomic E-state index is 12.4. The van der Waals surface area contributed by atoms with Gasteiger partial charge >= 0.3 is 0 Å². The molecule has 2 aromatic carbocycles. The van der Waals surface area contributed by atoms with Crippen molar-refractivity contribution < 1.29 is 9.53 Å². The van der Waals surface area contributed by atoms with Crippen LogP contribution in [-0.4, -0.2) is 25.0 Å². The van der Waals surface area contributed by atoms with Crippen LogP contribution in [0, 0.1) is 0 Å². The third-order valence-electron chi connectivity index (χ3n) is 4.04. The molecule has 0 bridgehead atoms. The Hall–Kier alpha value is -3.34. The van der Waals surface area contributed by atoms with Crippen molar-refractivity contribution in [2.75, 3.05) is 24.4 Å². The summed E-state index contributed by atoms with van der Waals surface area (Å²) >= 11 is 0. The molecule has 3 rings (SSSR count). The third-order valence-corrected chi connectivity index (χ3v) is 4.04. The van der Waals surface area contributed by atoms with Crippen molar-refractivity contribution in [1.82, 2.24) is 4.98 Å². The summed E-state index contributed by atoms with van der Waals surface area (Å²) in [4.78, 5) is 18.9. The van der Waals surface area contributed by atoms with E-state index in [1.54, 1.807) is 37.6 Å². The van der Waals surface area contributed by atoms with Crippen molar-refractivity contribution in [3.8, 4) is 5.75 Å². The molecule has 0 aliphatic rings. The second kappa shape index (κ2) is 8.16. The van der Waals surface area contributed by atoms with Crippen LogP contribution in [0.15, 0.2) is 72.9 Å². The van der Waals surface area contributed by atoms with Crippen LogP contribution in [0.5, 0.6) is 5.75 Å². The summed E-state index contributed by atoms with van der Waals surface area (Å²) in [6.45, 7) is 0.787. The van der Waals surface area contributed by atoms with E-state index in [1.807, 2.05) is 37.4 Å². The molecule has 1 heterocycles. The first kappa shape index (κ1) is 17.5. The minimum Gasteiger partial charge on any atom is -0.496 e. The number of ether oxygens (including phenoxy) is 1. The Labute approximate surface area is 153 Å². The number of nitrogens with zero attached hydrogens (tertiary/aromatic N) is 2. The molecule has 1 aromatic heterocycles. The van der Waals surface area contributed by atoms with Crippen LogP contribution < -0.4 is 15.0 Å². The zero-order chi connectivity index (χ0) is 18.4. The fourth-order valence-electron chi connectivity index (χ4n) is 2.65. The summed E-state index contributed by atoms with van der Waals surface area (Å²) in [6, 6.07) is 21.1. The van der Waals surface area contributed by atoms with E-state index in [-0.39, 0.29) is 5.91 Å². The minimum absolute atomic E-state index is 0.250. The van der Waals surface area contributed by atoms with E-state index in [9.17, 15) is 4.79 Å². The van der Waals surface area contributed by atoms with E-state index in [0.29, 0.717) is 17.1 Å². The second-order valence-corrected chi connectivity index (χ2v) is 5.90. The summed E-state index contributed by atoms with van der Waals surface area (Å²) in [5, 5.41) is 2.80. The number of carbonyl (C=O) groups excluding carboxylic acids is 1. The minimum atomic E-state index is -0.250. The molecule has 0 unspecified atom stereocenters. The number of rotatable bonds is 6. The summed E-state index contributed by atoms with van der Waals surface area (Å²) in [5.74, 6) is 0.780. The van der Waals surface area contributed by atoms with Gasteiger partial charge in [0.25, 0.3) is 5.91 Å². The van der Waals surface area contributed by atoms with Gasteiger partial charge in [-0.1, -0.05) is 42.5 Å². The third kappa shape index (κ3) is 4.19. The molecule has 3 aromatic rings. The first-order chi connectivity index (χ1) is 12.7. The van der Waals surface area contributed by atoms with Crippen LogP contribution >= 0.6 is 0 Å². The first-order valence-corrected chi connectivity index (χ1v) is 8.33. The van der Waals surface area contributed by atoms with Gasteiger partial charge in [-0.25, -0.2) is 4.98 Å². The maximum Gasteiger partial charge on any atom is 0.260 e. The number of pyridine rings is 1. The molecule has 0 saturated heterocycles. The van der Waals surface area contributed by atoms with Gasteiger partial charge in [0.05, 0.1) is 24.6 Å². The highest BCUT2D eigenvalue weighted by molar-refractivity contribution is 6.05. The van der Waals surface area contributed by atoms with Crippen molar-refractivity contribution in [1.29, 1.82) is 0 Å². The first-order valence-electron chi connectivity index (χ1n) is 8.33. The van der Waals surface area contributed by atoms with Crippen molar-refractivity contribution in [2.24, 2.45) is 0 Å². The number of nitrogens with one attached hydrogen (secondary N) is 1.